The standard InChI is InChI=1S/C18H23N3O3/c1-13(11-17(22)23)20-7-9-21(10-8-20)18(24)15-12-19(2)16-6-4-3-5-14(15)16/h3-6,12-13H,7-11H2,1-2H3,(H,22,23). The number of benzene rings is 1. The molecule has 1 aliphatic heterocycles. The molecule has 0 bridgehead atoms. The van der Waals surface area contributed by atoms with Crippen molar-refractivity contribution in [3.63, 3.8) is 0 Å². The van der Waals surface area contributed by atoms with Gasteiger partial charge in [0, 0.05) is 56.4 Å². The van der Waals surface area contributed by atoms with Crippen molar-refractivity contribution in [3.8, 4) is 0 Å². The van der Waals surface area contributed by atoms with E-state index in [0.29, 0.717) is 26.2 Å². The van der Waals surface area contributed by atoms with Gasteiger partial charge in [0.25, 0.3) is 5.91 Å². The zero-order valence-corrected chi connectivity index (χ0v) is 14.1. The van der Waals surface area contributed by atoms with Gasteiger partial charge in [0.1, 0.15) is 0 Å². The van der Waals surface area contributed by atoms with Crippen LogP contribution in [0.5, 0.6) is 0 Å². The van der Waals surface area contributed by atoms with Gasteiger partial charge in [-0.3, -0.25) is 14.5 Å². The Hall–Kier alpha value is -2.34. The Morgan fingerprint density at radius 1 is 1.17 bits per heavy atom. The van der Waals surface area contributed by atoms with Crippen molar-refractivity contribution >= 4 is 22.8 Å². The van der Waals surface area contributed by atoms with Crippen molar-refractivity contribution in [1.29, 1.82) is 0 Å². The Balaban J connectivity index is 1.70. The van der Waals surface area contributed by atoms with Gasteiger partial charge in [0.2, 0.25) is 0 Å². The summed E-state index contributed by atoms with van der Waals surface area (Å²) in [4.78, 5) is 27.7. The molecule has 1 fully saturated rings. The van der Waals surface area contributed by atoms with Crippen LogP contribution < -0.4 is 0 Å². The lowest BCUT2D eigenvalue weighted by Gasteiger charge is -2.37. The summed E-state index contributed by atoms with van der Waals surface area (Å²) in [5.74, 6) is -0.728. The maximum atomic E-state index is 12.9. The summed E-state index contributed by atoms with van der Waals surface area (Å²) in [7, 11) is 1.95. The number of piperazine rings is 1. The summed E-state index contributed by atoms with van der Waals surface area (Å²) in [5.41, 5.74) is 1.79. The van der Waals surface area contributed by atoms with E-state index < -0.39 is 5.97 Å². The number of fused-ring (bicyclic) bond motifs is 1. The summed E-state index contributed by atoms with van der Waals surface area (Å²) in [6, 6.07) is 7.91. The molecule has 0 radical (unpaired) electrons. The summed E-state index contributed by atoms with van der Waals surface area (Å²) in [5, 5.41) is 9.89. The molecule has 2 aromatic rings. The van der Waals surface area contributed by atoms with Gasteiger partial charge < -0.3 is 14.6 Å². The number of nitrogens with zero attached hydrogens (tertiary/aromatic N) is 3. The second-order valence-electron chi connectivity index (χ2n) is 6.45. The molecule has 0 spiro atoms. The quantitative estimate of drug-likeness (QED) is 0.929. The summed E-state index contributed by atoms with van der Waals surface area (Å²) in [6.45, 7) is 4.62. The number of hydrogen-bond acceptors (Lipinski definition) is 3. The maximum absolute atomic E-state index is 12.9. The fourth-order valence-electron chi connectivity index (χ4n) is 3.43. The molecule has 6 heteroatoms. The highest BCUT2D eigenvalue weighted by molar-refractivity contribution is 6.07. The predicted octanol–water partition coefficient (Wildman–Crippen LogP) is 1.80. The number of carbonyl (C=O) groups excluding carboxylic acids is 1. The highest BCUT2D eigenvalue weighted by atomic mass is 16.4. The Morgan fingerprint density at radius 2 is 1.83 bits per heavy atom. The number of aryl methyl sites for hydroxylation is 1. The third kappa shape index (κ3) is 3.14. The number of carboxylic acid groups (broad SMARTS) is 1. The van der Waals surface area contributed by atoms with Gasteiger partial charge in [-0.1, -0.05) is 18.2 Å². The van der Waals surface area contributed by atoms with Crippen molar-refractivity contribution < 1.29 is 14.7 Å². The smallest absolute Gasteiger partial charge is 0.304 e. The molecule has 1 amide bonds. The molecular weight excluding hydrogens is 306 g/mol. The van der Waals surface area contributed by atoms with Crippen LogP contribution in [0.2, 0.25) is 0 Å². The Kier molecular flexibility index (Phi) is 4.57. The van der Waals surface area contributed by atoms with E-state index in [2.05, 4.69) is 4.90 Å². The number of hydrogen-bond donors (Lipinski definition) is 1. The molecule has 1 aromatic carbocycles. The third-order valence-corrected chi connectivity index (χ3v) is 4.82. The summed E-state index contributed by atoms with van der Waals surface area (Å²) < 4.78 is 1.98. The first-order valence-corrected chi connectivity index (χ1v) is 8.26. The molecular formula is C18H23N3O3. The molecule has 1 unspecified atom stereocenters. The van der Waals surface area contributed by atoms with E-state index >= 15 is 0 Å². The minimum absolute atomic E-state index is 0.00249. The highest BCUT2D eigenvalue weighted by Crippen LogP contribution is 2.22. The van der Waals surface area contributed by atoms with Crippen molar-refractivity contribution in [3.05, 3.63) is 36.0 Å². The van der Waals surface area contributed by atoms with Gasteiger partial charge in [-0.25, -0.2) is 0 Å². The van der Waals surface area contributed by atoms with E-state index in [1.807, 2.05) is 53.9 Å². The predicted molar refractivity (Wildman–Crippen MR) is 92.1 cm³/mol. The number of para-hydroxylation sites is 1. The number of amides is 1. The zero-order chi connectivity index (χ0) is 17.3. The Morgan fingerprint density at radius 3 is 2.50 bits per heavy atom. The number of aromatic nitrogens is 1. The maximum Gasteiger partial charge on any atom is 0.304 e. The van der Waals surface area contributed by atoms with E-state index in [1.54, 1.807) is 0 Å². The molecule has 1 saturated heterocycles. The molecule has 1 atom stereocenters. The van der Waals surface area contributed by atoms with E-state index in [9.17, 15) is 9.59 Å². The van der Waals surface area contributed by atoms with Crippen LogP contribution in [0.1, 0.15) is 23.7 Å². The van der Waals surface area contributed by atoms with Crippen LogP contribution in [0, 0.1) is 0 Å². The van der Waals surface area contributed by atoms with E-state index in [4.69, 9.17) is 5.11 Å². The van der Waals surface area contributed by atoms with Gasteiger partial charge in [-0.2, -0.15) is 0 Å². The van der Waals surface area contributed by atoms with Crippen LogP contribution >= 0.6 is 0 Å². The molecule has 6 nitrogen and oxygen atoms in total. The van der Waals surface area contributed by atoms with Gasteiger partial charge in [0.05, 0.1) is 12.0 Å². The molecule has 2 heterocycles. The molecule has 1 aliphatic rings. The first-order chi connectivity index (χ1) is 11.5. The molecule has 1 aromatic heterocycles. The van der Waals surface area contributed by atoms with Crippen molar-refractivity contribution in [2.45, 2.75) is 19.4 Å². The number of aliphatic carboxylic acids is 1. The van der Waals surface area contributed by atoms with Gasteiger partial charge >= 0.3 is 5.97 Å². The normalized spacial score (nSPS) is 17.2. The van der Waals surface area contributed by atoms with Gasteiger partial charge in [0.15, 0.2) is 0 Å². The number of rotatable bonds is 4. The van der Waals surface area contributed by atoms with E-state index in [1.165, 1.54) is 0 Å². The van der Waals surface area contributed by atoms with Crippen LogP contribution in [-0.2, 0) is 11.8 Å². The van der Waals surface area contributed by atoms with Crippen LogP contribution in [0.25, 0.3) is 10.9 Å². The lowest BCUT2D eigenvalue weighted by atomic mass is 10.1. The summed E-state index contributed by atoms with van der Waals surface area (Å²) >= 11 is 0. The van der Waals surface area contributed by atoms with E-state index in [-0.39, 0.29) is 18.4 Å². The average molecular weight is 329 g/mol. The van der Waals surface area contributed by atoms with Crippen molar-refractivity contribution in [2.75, 3.05) is 26.2 Å². The minimum Gasteiger partial charge on any atom is -0.481 e. The van der Waals surface area contributed by atoms with Crippen LogP contribution in [-0.4, -0.2) is 63.6 Å². The van der Waals surface area contributed by atoms with Gasteiger partial charge in [-0.15, -0.1) is 0 Å². The van der Waals surface area contributed by atoms with Gasteiger partial charge in [-0.05, 0) is 13.0 Å². The molecule has 3 rings (SSSR count). The SMILES string of the molecule is CC(CC(=O)O)N1CCN(C(=O)c2cn(C)c3ccccc23)CC1. The second kappa shape index (κ2) is 6.65. The molecule has 0 aliphatic carbocycles. The first-order valence-electron chi connectivity index (χ1n) is 8.26. The molecule has 24 heavy (non-hydrogen) atoms. The summed E-state index contributed by atoms with van der Waals surface area (Å²) in [6.07, 6.45) is 2.03. The highest BCUT2D eigenvalue weighted by Gasteiger charge is 2.27. The Labute approximate surface area is 141 Å². The lowest BCUT2D eigenvalue weighted by molar-refractivity contribution is -0.138. The van der Waals surface area contributed by atoms with Crippen LogP contribution in [0.15, 0.2) is 30.5 Å². The zero-order valence-electron chi connectivity index (χ0n) is 14.1. The topological polar surface area (TPSA) is 65.8 Å². The van der Waals surface area contributed by atoms with Crippen LogP contribution in [0.4, 0.5) is 0 Å². The monoisotopic (exact) mass is 329 g/mol. The number of carboxylic acids is 1. The second-order valence-corrected chi connectivity index (χ2v) is 6.45. The fourth-order valence-corrected chi connectivity index (χ4v) is 3.43. The molecule has 1 N–H and O–H groups in total. The molecule has 0 saturated carbocycles. The van der Waals surface area contributed by atoms with Crippen molar-refractivity contribution in [1.82, 2.24) is 14.4 Å². The minimum atomic E-state index is -0.781. The van der Waals surface area contributed by atoms with E-state index in [0.717, 1.165) is 16.5 Å². The first kappa shape index (κ1) is 16.5. The lowest BCUT2D eigenvalue weighted by Crippen LogP contribution is -2.51. The Bertz CT molecular complexity index is 760. The third-order valence-electron chi connectivity index (χ3n) is 4.82. The average Bonchev–Trinajstić information content (AvgIpc) is 2.91. The largest absolute Gasteiger partial charge is 0.481 e. The molecule has 128 valence electrons. The number of carbonyl (C=O) groups is 2. The van der Waals surface area contributed by atoms with Crippen LogP contribution in [0.3, 0.4) is 0 Å². The fraction of sp³-hybridized carbons (Fsp3) is 0.444. The van der Waals surface area contributed by atoms with Crippen molar-refractivity contribution in [2.24, 2.45) is 7.05 Å².